The highest BCUT2D eigenvalue weighted by Gasteiger charge is 2.26. The molecule has 4 aromatic heterocycles. The number of benzene rings is 7. The molecule has 0 aliphatic rings. The van der Waals surface area contributed by atoms with Gasteiger partial charge < -0.3 is 8.83 Å². The van der Waals surface area contributed by atoms with Gasteiger partial charge in [-0.05, 0) is 73.3 Å². The Labute approximate surface area is 286 Å². The van der Waals surface area contributed by atoms with Gasteiger partial charge in [-0.3, -0.25) is 4.57 Å². The fourth-order valence-corrected chi connectivity index (χ4v) is 8.30. The van der Waals surface area contributed by atoms with E-state index in [0.717, 1.165) is 93.0 Å². The molecule has 0 aliphatic carbocycles. The van der Waals surface area contributed by atoms with Crippen molar-refractivity contribution >= 4 is 87.4 Å². The van der Waals surface area contributed by atoms with Crippen LogP contribution in [0, 0.1) is 20.8 Å². The molecule has 0 unspecified atom stereocenters. The SMILES string of the molecule is Cc1cc(C)cc(-c2nc(-n3c4ccc(C)cc4c4c5oc6ccccc6c5c5ccccc5c43)nc3c2oc2ccc4ccccc4c23)c1. The van der Waals surface area contributed by atoms with Gasteiger partial charge in [0.15, 0.2) is 5.58 Å². The Hall–Kier alpha value is -6.46. The molecule has 0 atom stereocenters. The summed E-state index contributed by atoms with van der Waals surface area (Å²) in [6.45, 7) is 6.40. The average molecular weight is 644 g/mol. The van der Waals surface area contributed by atoms with Crippen LogP contribution in [0.1, 0.15) is 16.7 Å². The third kappa shape index (κ3) is 3.66. The maximum atomic E-state index is 6.78. The maximum absolute atomic E-state index is 6.78. The molecule has 0 spiro atoms. The molecule has 0 amide bonds. The lowest BCUT2D eigenvalue weighted by molar-refractivity contribution is 0.667. The molecule has 0 saturated carbocycles. The van der Waals surface area contributed by atoms with Gasteiger partial charge in [0.05, 0.1) is 21.8 Å². The van der Waals surface area contributed by atoms with E-state index in [0.29, 0.717) is 11.5 Å². The van der Waals surface area contributed by atoms with Crippen LogP contribution in [0.4, 0.5) is 0 Å². The molecule has 236 valence electrons. The number of hydrogen-bond donors (Lipinski definition) is 0. The number of nitrogens with zero attached hydrogens (tertiary/aromatic N) is 3. The zero-order valence-corrected chi connectivity index (χ0v) is 27.7. The van der Waals surface area contributed by atoms with Gasteiger partial charge in [0, 0.05) is 27.1 Å². The molecule has 0 radical (unpaired) electrons. The average Bonchev–Trinajstić information content (AvgIpc) is 3.81. The van der Waals surface area contributed by atoms with E-state index in [4.69, 9.17) is 18.8 Å². The van der Waals surface area contributed by atoms with E-state index in [2.05, 4.69) is 141 Å². The van der Waals surface area contributed by atoms with Gasteiger partial charge in [0.2, 0.25) is 5.95 Å². The van der Waals surface area contributed by atoms with Gasteiger partial charge in [0.25, 0.3) is 0 Å². The second-order valence-corrected chi connectivity index (χ2v) is 13.6. The van der Waals surface area contributed by atoms with Crippen molar-refractivity contribution in [3.05, 3.63) is 138 Å². The molecule has 11 rings (SSSR count). The first-order valence-electron chi connectivity index (χ1n) is 17.0. The number of hydrogen-bond acceptors (Lipinski definition) is 4. The summed E-state index contributed by atoms with van der Waals surface area (Å²) in [5, 5.41) is 9.90. The lowest BCUT2D eigenvalue weighted by atomic mass is 9.99. The molecule has 0 saturated heterocycles. The summed E-state index contributed by atoms with van der Waals surface area (Å²) >= 11 is 0. The Bertz CT molecular complexity index is 3230. The molecule has 11 aromatic rings. The van der Waals surface area contributed by atoms with E-state index in [1.54, 1.807) is 0 Å². The van der Waals surface area contributed by atoms with E-state index in [1.165, 1.54) is 16.7 Å². The normalized spacial score (nSPS) is 12.3. The van der Waals surface area contributed by atoms with Crippen molar-refractivity contribution in [2.45, 2.75) is 20.8 Å². The molecular formula is C45H29N3O2. The molecular weight excluding hydrogens is 615 g/mol. The standard InChI is InChI=1S/C45H29N3O2/c1-24-16-18-34-33(23-24)39-42(31-13-7-6-12-30(31)37-32-14-8-9-15-35(32)49-43(37)39)48(34)45-46-40(28-21-25(2)20-26(3)22-28)44-41(47-45)38-29-11-5-4-10-27(29)17-19-36(38)50-44/h4-23H,1-3H3. The Kier molecular flexibility index (Phi) is 5.39. The highest BCUT2D eigenvalue weighted by atomic mass is 16.3. The van der Waals surface area contributed by atoms with Crippen LogP contribution in [-0.2, 0) is 0 Å². The van der Waals surface area contributed by atoms with Crippen molar-refractivity contribution in [1.29, 1.82) is 0 Å². The molecule has 0 bridgehead atoms. The van der Waals surface area contributed by atoms with E-state index in [1.807, 2.05) is 6.07 Å². The summed E-state index contributed by atoms with van der Waals surface area (Å²) in [5.74, 6) is 0.590. The summed E-state index contributed by atoms with van der Waals surface area (Å²) in [7, 11) is 0. The molecule has 5 heteroatoms. The van der Waals surface area contributed by atoms with Crippen LogP contribution >= 0.6 is 0 Å². The topological polar surface area (TPSA) is 57.0 Å². The zero-order valence-electron chi connectivity index (χ0n) is 27.7. The van der Waals surface area contributed by atoms with Crippen molar-refractivity contribution < 1.29 is 8.83 Å². The van der Waals surface area contributed by atoms with Crippen molar-refractivity contribution in [2.75, 3.05) is 0 Å². The summed E-state index contributed by atoms with van der Waals surface area (Å²) in [6, 6.07) is 42.8. The summed E-state index contributed by atoms with van der Waals surface area (Å²) < 4.78 is 15.7. The van der Waals surface area contributed by atoms with Crippen molar-refractivity contribution in [3.8, 4) is 17.2 Å². The zero-order chi connectivity index (χ0) is 33.2. The summed E-state index contributed by atoms with van der Waals surface area (Å²) in [4.78, 5) is 10.9. The molecule has 7 aromatic carbocycles. The van der Waals surface area contributed by atoms with E-state index >= 15 is 0 Å². The number of para-hydroxylation sites is 1. The van der Waals surface area contributed by atoms with E-state index in [9.17, 15) is 0 Å². The minimum Gasteiger partial charge on any atom is -0.455 e. The Balaban J connectivity index is 1.38. The second kappa shape index (κ2) is 9.80. The molecule has 5 nitrogen and oxygen atoms in total. The van der Waals surface area contributed by atoms with Crippen LogP contribution < -0.4 is 0 Å². The first-order chi connectivity index (χ1) is 24.5. The number of furan rings is 2. The van der Waals surface area contributed by atoms with Crippen LogP contribution in [0.5, 0.6) is 0 Å². The monoisotopic (exact) mass is 643 g/mol. The van der Waals surface area contributed by atoms with Crippen LogP contribution in [0.25, 0.3) is 105 Å². The maximum Gasteiger partial charge on any atom is 0.236 e. The molecule has 50 heavy (non-hydrogen) atoms. The van der Waals surface area contributed by atoms with Gasteiger partial charge >= 0.3 is 0 Å². The summed E-state index contributed by atoms with van der Waals surface area (Å²) in [6.07, 6.45) is 0. The lowest BCUT2D eigenvalue weighted by Crippen LogP contribution is -2.03. The smallest absolute Gasteiger partial charge is 0.236 e. The lowest BCUT2D eigenvalue weighted by Gasteiger charge is -2.12. The Morgan fingerprint density at radius 3 is 2.06 bits per heavy atom. The first kappa shape index (κ1) is 27.5. The van der Waals surface area contributed by atoms with Gasteiger partial charge in [-0.25, -0.2) is 9.97 Å². The first-order valence-corrected chi connectivity index (χ1v) is 17.0. The van der Waals surface area contributed by atoms with E-state index < -0.39 is 0 Å². The van der Waals surface area contributed by atoms with Crippen LogP contribution in [0.15, 0.2) is 130 Å². The predicted molar refractivity (Wildman–Crippen MR) is 206 cm³/mol. The molecule has 0 fully saturated rings. The van der Waals surface area contributed by atoms with Gasteiger partial charge in [0.1, 0.15) is 28.0 Å². The van der Waals surface area contributed by atoms with Gasteiger partial charge in [-0.15, -0.1) is 0 Å². The highest BCUT2D eigenvalue weighted by molar-refractivity contribution is 6.35. The van der Waals surface area contributed by atoms with Crippen LogP contribution in [-0.4, -0.2) is 14.5 Å². The van der Waals surface area contributed by atoms with Crippen molar-refractivity contribution in [1.82, 2.24) is 14.5 Å². The van der Waals surface area contributed by atoms with E-state index in [-0.39, 0.29) is 0 Å². The van der Waals surface area contributed by atoms with Crippen molar-refractivity contribution in [2.24, 2.45) is 0 Å². The fourth-order valence-electron chi connectivity index (χ4n) is 8.30. The number of aromatic nitrogens is 3. The second-order valence-electron chi connectivity index (χ2n) is 13.6. The quantitative estimate of drug-likeness (QED) is 0.188. The minimum atomic E-state index is 0.590. The minimum absolute atomic E-state index is 0.590. The number of fused-ring (bicyclic) bond motifs is 15. The fraction of sp³-hybridized carbons (Fsp3) is 0.0667. The summed E-state index contributed by atoms with van der Waals surface area (Å²) in [5.41, 5.74) is 11.4. The van der Waals surface area contributed by atoms with Gasteiger partial charge in [-0.2, -0.15) is 0 Å². The largest absolute Gasteiger partial charge is 0.455 e. The highest BCUT2D eigenvalue weighted by Crippen LogP contribution is 2.46. The predicted octanol–water partition coefficient (Wildman–Crippen LogP) is 12.3. The number of rotatable bonds is 2. The van der Waals surface area contributed by atoms with Crippen LogP contribution in [0.3, 0.4) is 0 Å². The third-order valence-corrected chi connectivity index (χ3v) is 10.3. The third-order valence-electron chi connectivity index (χ3n) is 10.3. The molecule has 0 N–H and O–H groups in total. The Morgan fingerprint density at radius 2 is 1.22 bits per heavy atom. The number of aryl methyl sites for hydroxylation is 3. The molecule has 4 heterocycles. The van der Waals surface area contributed by atoms with Crippen LogP contribution in [0.2, 0.25) is 0 Å². The molecule has 0 aliphatic heterocycles. The van der Waals surface area contributed by atoms with Crippen molar-refractivity contribution in [3.63, 3.8) is 0 Å². The Morgan fingerprint density at radius 1 is 0.500 bits per heavy atom. The van der Waals surface area contributed by atoms with Gasteiger partial charge in [-0.1, -0.05) is 102 Å².